The van der Waals surface area contributed by atoms with Gasteiger partial charge in [0.25, 0.3) is 0 Å². The molecule has 0 spiro atoms. The number of benzene rings is 2. The first-order valence-corrected chi connectivity index (χ1v) is 13.4. The van der Waals surface area contributed by atoms with E-state index >= 15 is 0 Å². The molecule has 2 rings (SSSR count). The van der Waals surface area contributed by atoms with Crippen molar-refractivity contribution >= 4 is 32.5 Å². The SMILES string of the molecule is CC[Si](CC)(CC)C(=C=O)P(c1c(F)c(F)c(F)c(F)c1F)c1c(F)c(F)c(F)c(F)c1F. The Labute approximate surface area is 183 Å². The molecule has 0 amide bonds. The Morgan fingerprint density at radius 1 is 0.576 bits per heavy atom. The average molecular weight is 520 g/mol. The zero-order chi connectivity index (χ0) is 25.4. The van der Waals surface area contributed by atoms with Gasteiger partial charge in [0.15, 0.2) is 46.5 Å². The van der Waals surface area contributed by atoms with Crippen molar-refractivity contribution in [3.8, 4) is 0 Å². The second kappa shape index (κ2) is 9.99. The van der Waals surface area contributed by atoms with Gasteiger partial charge >= 0.3 is 0 Å². The molecule has 0 aliphatic carbocycles. The molecule has 13 heteroatoms. The maximum Gasteiger partial charge on any atom is 0.200 e. The molecule has 180 valence electrons. The van der Waals surface area contributed by atoms with Gasteiger partial charge in [0.05, 0.1) is 10.6 Å². The molecule has 0 N–H and O–H groups in total. The molecule has 0 radical (unpaired) electrons. The summed E-state index contributed by atoms with van der Waals surface area (Å²) in [7, 11) is -7.02. The minimum absolute atomic E-state index is 0.0915. The Balaban J connectivity index is 3.21. The van der Waals surface area contributed by atoms with Crippen molar-refractivity contribution < 1.29 is 48.7 Å². The van der Waals surface area contributed by atoms with Gasteiger partial charge in [-0.3, -0.25) is 0 Å². The summed E-state index contributed by atoms with van der Waals surface area (Å²) in [6, 6.07) is 0.274. The summed E-state index contributed by atoms with van der Waals surface area (Å²) in [5.41, 5.74) is 0. The van der Waals surface area contributed by atoms with E-state index in [-0.39, 0.29) is 18.1 Å². The Morgan fingerprint density at radius 3 is 1.03 bits per heavy atom. The van der Waals surface area contributed by atoms with Gasteiger partial charge in [-0.05, 0) is 0 Å². The highest BCUT2D eigenvalue weighted by atomic mass is 31.1. The molecule has 0 saturated heterocycles. The molecule has 0 saturated carbocycles. The van der Waals surface area contributed by atoms with Crippen molar-refractivity contribution in [1.82, 2.24) is 0 Å². The molecule has 2 aromatic carbocycles. The van der Waals surface area contributed by atoms with E-state index in [0.717, 1.165) is 0 Å². The Hall–Kier alpha value is -2.16. The van der Waals surface area contributed by atoms with Gasteiger partial charge in [0, 0.05) is 12.9 Å². The van der Waals surface area contributed by atoms with Crippen LogP contribution in [0.4, 0.5) is 43.9 Å². The number of halogens is 10. The third kappa shape index (κ3) is 4.13. The van der Waals surface area contributed by atoms with E-state index in [1.807, 2.05) is 0 Å². The highest BCUT2D eigenvalue weighted by Crippen LogP contribution is 2.52. The molecular weight excluding hydrogens is 505 g/mol. The summed E-state index contributed by atoms with van der Waals surface area (Å²) in [5.74, 6) is -24.0. The van der Waals surface area contributed by atoms with Crippen molar-refractivity contribution in [3.63, 3.8) is 0 Å². The Morgan fingerprint density at radius 2 is 0.818 bits per heavy atom. The number of hydrogen-bond donors (Lipinski definition) is 0. The molecule has 0 unspecified atom stereocenters. The molecular formula is C20H15F10OPSi. The molecule has 2 aromatic rings. The normalized spacial score (nSPS) is 11.8. The lowest BCUT2D eigenvalue weighted by Gasteiger charge is -2.34. The summed E-state index contributed by atoms with van der Waals surface area (Å²) in [6.07, 6.45) is 0. The van der Waals surface area contributed by atoms with Crippen LogP contribution in [0.1, 0.15) is 20.8 Å². The molecule has 0 aliphatic rings. The quantitative estimate of drug-likeness (QED) is 0.105. The van der Waals surface area contributed by atoms with E-state index in [9.17, 15) is 48.7 Å². The molecule has 0 aromatic heterocycles. The molecule has 0 heterocycles. The second-order valence-corrected chi connectivity index (χ2v) is 14.6. The van der Waals surface area contributed by atoms with Crippen LogP contribution in [0.2, 0.25) is 18.1 Å². The fraction of sp³-hybridized carbons (Fsp3) is 0.300. The van der Waals surface area contributed by atoms with E-state index in [2.05, 4.69) is 0 Å². The molecule has 0 aliphatic heterocycles. The lowest BCUT2D eigenvalue weighted by Crippen LogP contribution is -2.40. The highest BCUT2D eigenvalue weighted by Gasteiger charge is 2.45. The molecule has 0 atom stereocenters. The third-order valence-corrected chi connectivity index (χ3v) is 15.2. The van der Waals surface area contributed by atoms with Gasteiger partial charge in [-0.1, -0.05) is 38.9 Å². The molecule has 0 bridgehead atoms. The van der Waals surface area contributed by atoms with E-state index in [0.29, 0.717) is 0 Å². The van der Waals surface area contributed by atoms with E-state index in [4.69, 9.17) is 0 Å². The first-order chi connectivity index (χ1) is 15.4. The predicted molar refractivity (Wildman–Crippen MR) is 105 cm³/mol. The van der Waals surface area contributed by atoms with Crippen LogP contribution in [0.25, 0.3) is 0 Å². The Kier molecular flexibility index (Phi) is 8.20. The summed E-state index contributed by atoms with van der Waals surface area (Å²) >= 11 is 0. The second-order valence-electron chi connectivity index (χ2n) is 6.96. The van der Waals surface area contributed by atoms with E-state index < -0.39 is 89.7 Å². The van der Waals surface area contributed by atoms with E-state index in [1.165, 1.54) is 26.7 Å². The first-order valence-electron chi connectivity index (χ1n) is 9.45. The number of carbonyl (C=O) groups excluding carboxylic acids is 1. The van der Waals surface area contributed by atoms with Crippen LogP contribution >= 0.6 is 7.92 Å². The van der Waals surface area contributed by atoms with Crippen molar-refractivity contribution in [2.75, 3.05) is 0 Å². The van der Waals surface area contributed by atoms with Gasteiger partial charge in [-0.2, -0.15) is 0 Å². The standard InChI is InChI=1S/C20H15F10OPSi/c1-4-33(5-2,6-3)8(7-31)32(19-15(27)11(23)9(21)12(24)16(19)28)20-17(29)13(25)10(22)14(26)18(20)30/h4-6H2,1-3H3. The summed E-state index contributed by atoms with van der Waals surface area (Å²) in [6.45, 7) is 4.55. The zero-order valence-electron chi connectivity index (χ0n) is 17.3. The predicted octanol–water partition coefficient (Wildman–Crippen LogP) is 6.27. The van der Waals surface area contributed by atoms with Crippen molar-refractivity contribution in [2.24, 2.45) is 0 Å². The minimum atomic E-state index is -3.73. The largest absolute Gasteiger partial charge is 0.234 e. The van der Waals surface area contributed by atoms with Crippen LogP contribution in [-0.2, 0) is 4.79 Å². The molecule has 0 fully saturated rings. The number of hydrogen-bond acceptors (Lipinski definition) is 1. The maximum absolute atomic E-state index is 14.7. The van der Waals surface area contributed by atoms with Crippen molar-refractivity contribution in [3.05, 3.63) is 63.1 Å². The summed E-state index contributed by atoms with van der Waals surface area (Å²) in [4.78, 5) is 11.3. The van der Waals surface area contributed by atoms with Crippen LogP contribution in [-0.4, -0.2) is 14.0 Å². The van der Waals surface area contributed by atoms with Gasteiger partial charge in [0.2, 0.25) is 11.6 Å². The summed E-state index contributed by atoms with van der Waals surface area (Å²) < 4.78 is 142. The summed E-state index contributed by atoms with van der Waals surface area (Å²) in [5, 5.41) is -3.68. The third-order valence-electron chi connectivity index (χ3n) is 5.67. The zero-order valence-corrected chi connectivity index (χ0v) is 19.2. The lowest BCUT2D eigenvalue weighted by atomic mass is 10.3. The first kappa shape index (κ1) is 27.1. The van der Waals surface area contributed by atoms with Crippen LogP contribution < -0.4 is 10.6 Å². The van der Waals surface area contributed by atoms with Crippen LogP contribution in [0.15, 0.2) is 4.94 Å². The fourth-order valence-electron chi connectivity index (χ4n) is 3.56. The topological polar surface area (TPSA) is 17.1 Å². The Bertz CT molecular complexity index is 1020. The van der Waals surface area contributed by atoms with Crippen molar-refractivity contribution in [1.29, 1.82) is 0 Å². The van der Waals surface area contributed by atoms with Crippen molar-refractivity contribution in [2.45, 2.75) is 38.9 Å². The number of rotatable bonds is 7. The van der Waals surface area contributed by atoms with Gasteiger partial charge < -0.3 is 0 Å². The molecule has 33 heavy (non-hydrogen) atoms. The monoisotopic (exact) mass is 520 g/mol. The smallest absolute Gasteiger partial charge is 0.200 e. The van der Waals surface area contributed by atoms with Crippen LogP contribution in [0.5, 0.6) is 0 Å². The maximum atomic E-state index is 14.7. The fourth-order valence-corrected chi connectivity index (χ4v) is 12.2. The highest BCUT2D eigenvalue weighted by molar-refractivity contribution is 7.80. The van der Waals surface area contributed by atoms with Crippen LogP contribution in [0, 0.1) is 58.2 Å². The van der Waals surface area contributed by atoms with Crippen LogP contribution in [0.3, 0.4) is 0 Å². The minimum Gasteiger partial charge on any atom is -0.234 e. The van der Waals surface area contributed by atoms with E-state index in [1.54, 1.807) is 0 Å². The van der Waals surface area contributed by atoms with Gasteiger partial charge in [-0.15, -0.1) is 0 Å². The average Bonchev–Trinajstić information content (AvgIpc) is 2.82. The molecule has 1 nitrogen and oxygen atoms in total. The lowest BCUT2D eigenvalue weighted by molar-refractivity contribution is 0.383. The van der Waals surface area contributed by atoms with Gasteiger partial charge in [0.1, 0.15) is 14.0 Å². The van der Waals surface area contributed by atoms with Gasteiger partial charge in [-0.25, -0.2) is 48.7 Å².